The van der Waals surface area contributed by atoms with Crippen LogP contribution < -0.4 is 4.74 Å². The summed E-state index contributed by atoms with van der Waals surface area (Å²) >= 11 is 0. The maximum atomic E-state index is 8.90. The lowest BCUT2D eigenvalue weighted by Crippen LogP contribution is -2.07. The molecule has 1 aliphatic carbocycles. The van der Waals surface area contributed by atoms with E-state index in [1.54, 1.807) is 0 Å². The first-order valence-electron chi connectivity index (χ1n) is 8.07. The Balaban J connectivity index is 2.15. The summed E-state index contributed by atoms with van der Waals surface area (Å²) in [4.78, 5) is 0. The van der Waals surface area contributed by atoms with Crippen LogP contribution in [0.25, 0.3) is 0 Å². The van der Waals surface area contributed by atoms with Gasteiger partial charge in [-0.1, -0.05) is 44.2 Å². The van der Waals surface area contributed by atoms with Crippen LogP contribution in [-0.2, 0) is 0 Å². The monoisotopic (exact) mass is 276 g/mol. The summed E-state index contributed by atoms with van der Waals surface area (Å²) in [5, 5.41) is 8.90. The number of aliphatic hydroxyl groups is 1. The molecule has 0 bridgehead atoms. The van der Waals surface area contributed by atoms with Crippen LogP contribution in [0.3, 0.4) is 0 Å². The van der Waals surface area contributed by atoms with Crippen molar-refractivity contribution in [2.24, 2.45) is 0 Å². The molecule has 0 atom stereocenters. The molecule has 0 heterocycles. The van der Waals surface area contributed by atoms with E-state index >= 15 is 0 Å². The average Bonchev–Trinajstić information content (AvgIpc) is 2.37. The maximum absolute atomic E-state index is 8.90. The number of aryl methyl sites for hydroxylation is 2. The first kappa shape index (κ1) is 15.4. The second-order valence-corrected chi connectivity index (χ2v) is 6.10. The Hall–Kier alpha value is -1.02. The largest absolute Gasteiger partial charge is 0.491 e. The molecule has 0 radical (unpaired) electrons. The highest BCUT2D eigenvalue weighted by molar-refractivity contribution is 5.44. The summed E-state index contributed by atoms with van der Waals surface area (Å²) in [6.07, 6.45) is 9.60. The fourth-order valence-electron chi connectivity index (χ4n) is 3.38. The smallest absolute Gasteiger partial charge is 0.125 e. The van der Waals surface area contributed by atoms with E-state index in [0.717, 1.165) is 11.7 Å². The second-order valence-electron chi connectivity index (χ2n) is 6.10. The van der Waals surface area contributed by atoms with Crippen molar-refractivity contribution in [3.8, 4) is 5.75 Å². The van der Waals surface area contributed by atoms with Crippen molar-refractivity contribution < 1.29 is 9.84 Å². The molecule has 0 unspecified atom stereocenters. The fourth-order valence-corrected chi connectivity index (χ4v) is 3.38. The molecule has 20 heavy (non-hydrogen) atoms. The molecule has 112 valence electrons. The summed E-state index contributed by atoms with van der Waals surface area (Å²) in [6, 6.07) is 4.60. The number of ether oxygens (including phenoxy) is 1. The zero-order valence-electron chi connectivity index (χ0n) is 13.0. The van der Waals surface area contributed by atoms with Gasteiger partial charge in [0.25, 0.3) is 0 Å². The van der Waals surface area contributed by atoms with Crippen LogP contribution in [-0.4, -0.2) is 18.3 Å². The number of rotatable bonds is 4. The van der Waals surface area contributed by atoms with Crippen molar-refractivity contribution >= 4 is 0 Å². The Morgan fingerprint density at radius 2 is 1.55 bits per heavy atom. The van der Waals surface area contributed by atoms with Gasteiger partial charge in [0.2, 0.25) is 0 Å². The molecule has 0 amide bonds. The summed E-state index contributed by atoms with van der Waals surface area (Å²) in [5.41, 5.74) is 3.89. The zero-order valence-corrected chi connectivity index (χ0v) is 13.0. The highest BCUT2D eigenvalue weighted by Gasteiger charge is 2.16. The fraction of sp³-hybridized carbons (Fsp3) is 0.667. The molecule has 0 spiro atoms. The van der Waals surface area contributed by atoms with E-state index in [4.69, 9.17) is 9.84 Å². The standard InChI is InChI=1S/C18H28O2/c1-14-12-17(13-15(2)18(14)20-11-10-19)16-8-6-4-3-5-7-9-16/h12-13,16,19H,3-11H2,1-2H3. The first-order chi connectivity index (χ1) is 9.72. The third-order valence-corrected chi connectivity index (χ3v) is 4.40. The van der Waals surface area contributed by atoms with Gasteiger partial charge >= 0.3 is 0 Å². The normalized spacial score (nSPS) is 17.6. The Kier molecular flexibility index (Phi) is 5.90. The van der Waals surface area contributed by atoms with Crippen LogP contribution in [0.1, 0.15) is 67.6 Å². The van der Waals surface area contributed by atoms with E-state index in [2.05, 4.69) is 26.0 Å². The Labute approximate surface area is 123 Å². The lowest BCUT2D eigenvalue weighted by Gasteiger charge is -2.22. The van der Waals surface area contributed by atoms with Gasteiger partial charge in [-0.3, -0.25) is 0 Å². The second kappa shape index (κ2) is 7.68. The van der Waals surface area contributed by atoms with Crippen molar-refractivity contribution in [1.29, 1.82) is 0 Å². The molecule has 1 aliphatic rings. The highest BCUT2D eigenvalue weighted by atomic mass is 16.5. The number of hydrogen-bond acceptors (Lipinski definition) is 2. The average molecular weight is 276 g/mol. The maximum Gasteiger partial charge on any atom is 0.125 e. The zero-order chi connectivity index (χ0) is 14.4. The lowest BCUT2D eigenvalue weighted by molar-refractivity contribution is 0.200. The van der Waals surface area contributed by atoms with E-state index in [-0.39, 0.29) is 6.61 Å². The summed E-state index contributed by atoms with van der Waals surface area (Å²) in [5.74, 6) is 1.67. The van der Waals surface area contributed by atoms with E-state index in [1.165, 1.54) is 61.6 Å². The van der Waals surface area contributed by atoms with Crippen molar-refractivity contribution in [3.05, 3.63) is 28.8 Å². The van der Waals surface area contributed by atoms with Crippen LogP contribution in [0.2, 0.25) is 0 Å². The molecule has 1 aromatic carbocycles. The van der Waals surface area contributed by atoms with Crippen molar-refractivity contribution in [2.45, 2.75) is 64.7 Å². The summed E-state index contributed by atoms with van der Waals surface area (Å²) in [6.45, 7) is 4.69. The van der Waals surface area contributed by atoms with Gasteiger partial charge in [0.1, 0.15) is 12.4 Å². The van der Waals surface area contributed by atoms with Crippen LogP contribution >= 0.6 is 0 Å². The predicted octanol–water partition coefficient (Wildman–Crippen LogP) is 4.50. The van der Waals surface area contributed by atoms with Gasteiger partial charge in [0.15, 0.2) is 0 Å². The van der Waals surface area contributed by atoms with Gasteiger partial charge in [-0.2, -0.15) is 0 Å². The Morgan fingerprint density at radius 3 is 2.10 bits per heavy atom. The van der Waals surface area contributed by atoms with Crippen molar-refractivity contribution in [1.82, 2.24) is 0 Å². The summed E-state index contributed by atoms with van der Waals surface area (Å²) < 4.78 is 5.65. The minimum atomic E-state index is 0.0727. The molecular formula is C18H28O2. The van der Waals surface area contributed by atoms with E-state index in [0.29, 0.717) is 6.61 Å². The molecule has 1 saturated carbocycles. The van der Waals surface area contributed by atoms with Gasteiger partial charge in [0, 0.05) is 0 Å². The number of aliphatic hydroxyl groups excluding tert-OH is 1. The molecule has 1 aromatic rings. The van der Waals surface area contributed by atoms with Crippen LogP contribution in [0.15, 0.2) is 12.1 Å². The van der Waals surface area contributed by atoms with E-state index in [1.807, 2.05) is 0 Å². The molecule has 0 aliphatic heterocycles. The SMILES string of the molecule is Cc1cc(C2CCCCCCC2)cc(C)c1OCCO. The molecule has 2 heteroatoms. The number of benzene rings is 1. The minimum Gasteiger partial charge on any atom is -0.491 e. The van der Waals surface area contributed by atoms with Gasteiger partial charge in [-0.25, -0.2) is 0 Å². The molecule has 2 nitrogen and oxygen atoms in total. The Bertz CT molecular complexity index is 394. The molecule has 0 saturated heterocycles. The molecule has 2 rings (SSSR count). The van der Waals surface area contributed by atoms with Gasteiger partial charge < -0.3 is 9.84 Å². The molecular weight excluding hydrogens is 248 g/mol. The van der Waals surface area contributed by atoms with Crippen molar-refractivity contribution in [2.75, 3.05) is 13.2 Å². The quantitative estimate of drug-likeness (QED) is 0.877. The lowest BCUT2D eigenvalue weighted by atomic mass is 9.84. The van der Waals surface area contributed by atoms with E-state index in [9.17, 15) is 0 Å². The molecule has 0 aromatic heterocycles. The van der Waals surface area contributed by atoms with Crippen molar-refractivity contribution in [3.63, 3.8) is 0 Å². The Morgan fingerprint density at radius 1 is 1.00 bits per heavy atom. The highest BCUT2D eigenvalue weighted by Crippen LogP contribution is 2.34. The van der Waals surface area contributed by atoms with Crippen LogP contribution in [0.4, 0.5) is 0 Å². The van der Waals surface area contributed by atoms with Gasteiger partial charge in [-0.15, -0.1) is 0 Å². The molecule has 1 fully saturated rings. The van der Waals surface area contributed by atoms with Gasteiger partial charge in [-0.05, 0) is 49.3 Å². The molecule has 1 N–H and O–H groups in total. The van der Waals surface area contributed by atoms with Crippen LogP contribution in [0.5, 0.6) is 5.75 Å². The third kappa shape index (κ3) is 3.99. The number of hydrogen-bond donors (Lipinski definition) is 1. The minimum absolute atomic E-state index is 0.0727. The third-order valence-electron chi connectivity index (χ3n) is 4.40. The first-order valence-corrected chi connectivity index (χ1v) is 8.07. The van der Waals surface area contributed by atoms with E-state index < -0.39 is 0 Å². The predicted molar refractivity (Wildman–Crippen MR) is 83.6 cm³/mol. The summed E-state index contributed by atoms with van der Waals surface area (Å²) in [7, 11) is 0. The van der Waals surface area contributed by atoms with Crippen LogP contribution in [0, 0.1) is 13.8 Å². The van der Waals surface area contributed by atoms with Gasteiger partial charge in [0.05, 0.1) is 6.61 Å². The topological polar surface area (TPSA) is 29.5 Å².